The van der Waals surface area contributed by atoms with E-state index in [0.717, 1.165) is 33.5 Å². The summed E-state index contributed by atoms with van der Waals surface area (Å²) in [5.74, 6) is 0.0209. The van der Waals surface area contributed by atoms with E-state index in [0.29, 0.717) is 28.8 Å². The summed E-state index contributed by atoms with van der Waals surface area (Å²) < 4.78 is 10.4. The van der Waals surface area contributed by atoms with E-state index in [9.17, 15) is 9.59 Å². The summed E-state index contributed by atoms with van der Waals surface area (Å²) in [6.07, 6.45) is 4.47. The van der Waals surface area contributed by atoms with Gasteiger partial charge in [0.05, 0.1) is 17.7 Å². The first-order valence-electron chi connectivity index (χ1n) is 11.9. The second kappa shape index (κ2) is 11.3. The average molecular weight is 528 g/mol. The molecule has 38 heavy (non-hydrogen) atoms. The highest BCUT2D eigenvalue weighted by molar-refractivity contribution is 8.18. The molecule has 192 valence electrons. The molecule has 1 aliphatic heterocycles. The van der Waals surface area contributed by atoms with Gasteiger partial charge >= 0.3 is 5.97 Å². The molecular weight excluding hydrogens is 502 g/mol. The highest BCUT2D eigenvalue weighted by Crippen LogP contribution is 2.35. The number of carboxylic acids is 1. The van der Waals surface area contributed by atoms with Crippen molar-refractivity contribution in [2.45, 2.75) is 6.42 Å². The number of fused-ring (bicyclic) bond motifs is 1. The van der Waals surface area contributed by atoms with Crippen LogP contribution in [0.25, 0.3) is 17.0 Å². The van der Waals surface area contributed by atoms with Crippen LogP contribution in [0.15, 0.2) is 88.9 Å². The van der Waals surface area contributed by atoms with E-state index in [1.165, 1.54) is 11.8 Å². The van der Waals surface area contributed by atoms with E-state index in [1.54, 1.807) is 36.3 Å². The fourth-order valence-corrected chi connectivity index (χ4v) is 5.11. The Kier molecular flexibility index (Phi) is 7.46. The first-order valence-corrected chi connectivity index (χ1v) is 12.8. The van der Waals surface area contributed by atoms with Gasteiger partial charge in [-0.05, 0) is 77.9 Å². The zero-order valence-electron chi connectivity index (χ0n) is 20.6. The monoisotopic (exact) mass is 527 g/mol. The number of carbonyl (C=O) groups is 2. The summed E-state index contributed by atoms with van der Waals surface area (Å²) in [4.78, 5) is 34.6. The maximum absolute atomic E-state index is 13.5. The maximum Gasteiger partial charge on any atom is 0.341 e. The van der Waals surface area contributed by atoms with Gasteiger partial charge in [0.2, 0.25) is 0 Å². The highest BCUT2D eigenvalue weighted by Gasteiger charge is 2.33. The van der Waals surface area contributed by atoms with Gasteiger partial charge in [-0.25, -0.2) is 9.79 Å². The van der Waals surface area contributed by atoms with Crippen LogP contribution in [0.4, 0.5) is 5.69 Å². The molecule has 0 unspecified atom stereocenters. The van der Waals surface area contributed by atoms with Crippen LogP contribution in [0.2, 0.25) is 0 Å². The van der Waals surface area contributed by atoms with Crippen molar-refractivity contribution in [2.24, 2.45) is 4.99 Å². The van der Waals surface area contributed by atoms with Gasteiger partial charge in [-0.1, -0.05) is 30.3 Å². The molecule has 8 nitrogen and oxygen atoms in total. The molecule has 1 aliphatic rings. The minimum atomic E-state index is -1.04. The highest BCUT2D eigenvalue weighted by atomic mass is 32.2. The summed E-state index contributed by atoms with van der Waals surface area (Å²) in [5.41, 5.74) is 3.72. The van der Waals surface area contributed by atoms with Crippen molar-refractivity contribution in [1.82, 2.24) is 9.88 Å². The number of amidine groups is 1. The third kappa shape index (κ3) is 5.73. The van der Waals surface area contributed by atoms with Crippen molar-refractivity contribution in [3.05, 3.63) is 95.0 Å². The fraction of sp³-hybridized carbons (Fsp3) is 0.138. The lowest BCUT2D eigenvalue weighted by molar-refractivity contribution is -0.139. The number of nitrogens with zero attached hydrogens (tertiary/aromatic N) is 2. The van der Waals surface area contributed by atoms with Crippen LogP contribution in [0.5, 0.6) is 11.5 Å². The molecule has 1 amide bonds. The maximum atomic E-state index is 13.5. The number of nitrogens with one attached hydrogen (secondary N) is 1. The molecule has 0 radical (unpaired) electrons. The molecular formula is C29H25N3O5S. The van der Waals surface area contributed by atoms with Crippen molar-refractivity contribution in [1.29, 1.82) is 0 Å². The Labute approximate surface area is 223 Å². The Balaban J connectivity index is 1.40. The second-order valence-electron chi connectivity index (χ2n) is 8.52. The first-order chi connectivity index (χ1) is 18.5. The van der Waals surface area contributed by atoms with Crippen LogP contribution in [-0.4, -0.2) is 52.3 Å². The number of aromatic nitrogens is 1. The molecule has 2 N–H and O–H groups in total. The molecule has 9 heteroatoms. The number of carboxylic acid groups (broad SMARTS) is 1. The normalized spacial score (nSPS) is 15.5. The lowest BCUT2D eigenvalue weighted by atomic mass is 10.1. The Morgan fingerprint density at radius 3 is 2.53 bits per heavy atom. The fourth-order valence-electron chi connectivity index (χ4n) is 4.08. The van der Waals surface area contributed by atoms with E-state index < -0.39 is 12.6 Å². The molecule has 1 fully saturated rings. The summed E-state index contributed by atoms with van der Waals surface area (Å²) in [6, 6.07) is 22.4. The SMILES string of the molecule is COc1ccc(N=C2S/C(=C/c3ccc(OCC(=O)O)cc3)C(=O)N2CCc2c[nH]c3ccccc23)cc1. The van der Waals surface area contributed by atoms with Crippen LogP contribution >= 0.6 is 11.8 Å². The minimum absolute atomic E-state index is 0.117. The van der Waals surface area contributed by atoms with Gasteiger partial charge in [0.25, 0.3) is 5.91 Å². The standard InChI is InChI=1S/C29H25N3O5S/c1-36-22-12-8-21(9-13-22)31-29-32(15-14-20-17-30-25-5-3-2-4-24(20)25)28(35)26(38-29)16-19-6-10-23(11-7-19)37-18-27(33)34/h2-13,16-17,30H,14-15,18H2,1H3,(H,33,34)/b26-16+,31-29?. The smallest absolute Gasteiger partial charge is 0.341 e. The van der Waals surface area contributed by atoms with Crippen molar-refractivity contribution in [3.63, 3.8) is 0 Å². The molecule has 1 aromatic heterocycles. The third-order valence-corrected chi connectivity index (χ3v) is 7.01. The number of aliphatic carboxylic acids is 1. The molecule has 0 aliphatic carbocycles. The largest absolute Gasteiger partial charge is 0.497 e. The van der Waals surface area contributed by atoms with Crippen LogP contribution in [-0.2, 0) is 16.0 Å². The number of H-pyrrole nitrogens is 1. The molecule has 0 saturated carbocycles. The van der Waals surface area contributed by atoms with E-state index in [2.05, 4.69) is 11.1 Å². The number of amides is 1. The third-order valence-electron chi connectivity index (χ3n) is 6.01. The Morgan fingerprint density at radius 1 is 1.05 bits per heavy atom. The van der Waals surface area contributed by atoms with E-state index in [1.807, 2.05) is 54.7 Å². The molecule has 0 spiro atoms. The first kappa shape index (κ1) is 25.2. The zero-order chi connectivity index (χ0) is 26.5. The van der Waals surface area contributed by atoms with Gasteiger partial charge in [0.15, 0.2) is 11.8 Å². The number of methoxy groups -OCH3 is 1. The molecule has 4 aromatic rings. The summed E-state index contributed by atoms with van der Waals surface area (Å²) in [7, 11) is 1.61. The number of ether oxygens (including phenoxy) is 2. The molecule has 1 saturated heterocycles. The van der Waals surface area contributed by atoms with E-state index >= 15 is 0 Å². The number of carbonyl (C=O) groups excluding carboxylic acids is 1. The average Bonchev–Trinajstić information content (AvgIpc) is 3.47. The molecule has 5 rings (SSSR count). The minimum Gasteiger partial charge on any atom is -0.497 e. The zero-order valence-corrected chi connectivity index (χ0v) is 21.4. The van der Waals surface area contributed by atoms with Gasteiger partial charge in [-0.15, -0.1) is 0 Å². The molecule has 2 heterocycles. The summed E-state index contributed by atoms with van der Waals surface area (Å²) >= 11 is 1.33. The van der Waals surface area contributed by atoms with Crippen molar-refractivity contribution in [3.8, 4) is 11.5 Å². The van der Waals surface area contributed by atoms with Crippen molar-refractivity contribution < 1.29 is 24.2 Å². The summed E-state index contributed by atoms with van der Waals surface area (Å²) in [6.45, 7) is 0.0628. The van der Waals surface area contributed by atoms with Crippen LogP contribution in [0, 0.1) is 0 Å². The Hall–Kier alpha value is -4.50. The molecule has 0 atom stereocenters. The summed E-state index contributed by atoms with van der Waals surface area (Å²) in [5, 5.41) is 10.5. The van der Waals surface area contributed by atoms with Crippen LogP contribution in [0.1, 0.15) is 11.1 Å². The van der Waals surface area contributed by atoms with E-state index in [-0.39, 0.29) is 5.91 Å². The number of hydrogen-bond acceptors (Lipinski definition) is 6. The lowest BCUT2D eigenvalue weighted by Crippen LogP contribution is -2.31. The Morgan fingerprint density at radius 2 is 1.79 bits per heavy atom. The van der Waals surface area contributed by atoms with Crippen LogP contribution < -0.4 is 9.47 Å². The van der Waals surface area contributed by atoms with Crippen molar-refractivity contribution in [2.75, 3.05) is 20.3 Å². The number of thioether (sulfide) groups is 1. The molecule has 3 aromatic carbocycles. The number of hydrogen-bond donors (Lipinski definition) is 2. The van der Waals surface area contributed by atoms with Crippen molar-refractivity contribution >= 4 is 51.5 Å². The predicted octanol–water partition coefficient (Wildman–Crippen LogP) is 5.49. The number of benzene rings is 3. The number of para-hydroxylation sites is 1. The number of aliphatic imine (C=N–C) groups is 1. The van der Waals surface area contributed by atoms with E-state index in [4.69, 9.17) is 19.6 Å². The van der Waals surface area contributed by atoms with Gasteiger partial charge in [0.1, 0.15) is 11.5 Å². The topological polar surface area (TPSA) is 104 Å². The molecule has 0 bridgehead atoms. The lowest BCUT2D eigenvalue weighted by Gasteiger charge is -2.15. The number of rotatable bonds is 9. The quantitative estimate of drug-likeness (QED) is 0.279. The number of aromatic amines is 1. The van der Waals surface area contributed by atoms with Gasteiger partial charge < -0.3 is 19.6 Å². The Bertz CT molecular complexity index is 1520. The van der Waals surface area contributed by atoms with Gasteiger partial charge in [-0.2, -0.15) is 0 Å². The second-order valence-corrected chi connectivity index (χ2v) is 9.53. The van der Waals surface area contributed by atoms with Gasteiger partial charge in [-0.3, -0.25) is 9.69 Å². The van der Waals surface area contributed by atoms with Crippen LogP contribution in [0.3, 0.4) is 0 Å². The predicted molar refractivity (Wildman–Crippen MR) is 149 cm³/mol. The van der Waals surface area contributed by atoms with Gasteiger partial charge in [0, 0.05) is 23.6 Å².